The third-order valence-electron chi connectivity index (χ3n) is 2.45. The van der Waals surface area contributed by atoms with E-state index in [2.05, 4.69) is 25.2 Å². The van der Waals surface area contributed by atoms with Crippen LogP contribution in [0, 0.1) is 6.92 Å². The molecule has 1 aromatic carbocycles. The van der Waals surface area contributed by atoms with E-state index in [-0.39, 0.29) is 5.60 Å². The molecule has 13 heavy (non-hydrogen) atoms. The predicted octanol–water partition coefficient (Wildman–Crippen LogP) is 1.74. The number of hydrogen-bond acceptors (Lipinski definition) is 2. The van der Waals surface area contributed by atoms with Crippen molar-refractivity contribution in [1.29, 1.82) is 0 Å². The van der Waals surface area contributed by atoms with E-state index < -0.39 is 0 Å². The van der Waals surface area contributed by atoms with Gasteiger partial charge in [0.1, 0.15) is 11.4 Å². The summed E-state index contributed by atoms with van der Waals surface area (Å²) in [7, 11) is 0. The zero-order valence-electron chi connectivity index (χ0n) is 8.13. The monoisotopic (exact) mass is 177 g/mol. The number of hydrogen-bond donors (Lipinski definition) is 1. The maximum Gasteiger partial charge on any atom is 0.131 e. The molecule has 0 spiro atoms. The van der Waals surface area contributed by atoms with Crippen LogP contribution in [0.3, 0.4) is 0 Å². The predicted molar refractivity (Wildman–Crippen MR) is 53.1 cm³/mol. The summed E-state index contributed by atoms with van der Waals surface area (Å²) in [4.78, 5) is 0. The zero-order chi connectivity index (χ0) is 9.31. The first kappa shape index (κ1) is 8.57. The lowest BCUT2D eigenvalue weighted by atomic mass is 10.00. The van der Waals surface area contributed by atoms with Crippen molar-refractivity contribution in [2.24, 2.45) is 0 Å². The topological polar surface area (TPSA) is 21.3 Å². The minimum atomic E-state index is 0.00606. The van der Waals surface area contributed by atoms with E-state index >= 15 is 0 Å². The Morgan fingerprint density at radius 3 is 2.54 bits per heavy atom. The van der Waals surface area contributed by atoms with Gasteiger partial charge in [-0.2, -0.15) is 0 Å². The van der Waals surface area contributed by atoms with Crippen LogP contribution in [0.5, 0.6) is 5.75 Å². The molecule has 2 nitrogen and oxygen atoms in total. The maximum atomic E-state index is 5.91. The van der Waals surface area contributed by atoms with Crippen LogP contribution in [0.2, 0.25) is 0 Å². The van der Waals surface area contributed by atoms with Crippen LogP contribution in [0.25, 0.3) is 0 Å². The zero-order valence-corrected chi connectivity index (χ0v) is 8.13. The normalized spacial score (nSPS) is 19.2. The molecule has 1 saturated heterocycles. The van der Waals surface area contributed by atoms with Gasteiger partial charge in [-0.1, -0.05) is 18.2 Å². The molecule has 0 saturated carbocycles. The Morgan fingerprint density at radius 1 is 1.31 bits per heavy atom. The fourth-order valence-electron chi connectivity index (χ4n) is 1.49. The Balaban J connectivity index is 2.13. The molecule has 1 fully saturated rings. The molecule has 70 valence electrons. The van der Waals surface area contributed by atoms with Crippen molar-refractivity contribution in [1.82, 2.24) is 5.32 Å². The molecule has 1 heterocycles. The minimum absolute atomic E-state index is 0.00606. The van der Waals surface area contributed by atoms with Crippen LogP contribution in [-0.4, -0.2) is 18.7 Å². The molecule has 0 bridgehead atoms. The molecule has 0 atom stereocenters. The number of benzene rings is 1. The molecule has 0 radical (unpaired) electrons. The summed E-state index contributed by atoms with van der Waals surface area (Å²) < 4.78 is 5.91. The molecule has 0 unspecified atom stereocenters. The van der Waals surface area contributed by atoms with Gasteiger partial charge in [-0.3, -0.25) is 0 Å². The second-order valence-electron chi connectivity index (χ2n) is 3.92. The summed E-state index contributed by atoms with van der Waals surface area (Å²) in [5, 5.41) is 3.22. The van der Waals surface area contributed by atoms with Gasteiger partial charge in [-0.15, -0.1) is 0 Å². The largest absolute Gasteiger partial charge is 0.485 e. The van der Waals surface area contributed by atoms with Crippen LogP contribution >= 0.6 is 0 Å². The molecule has 0 aromatic heterocycles. The van der Waals surface area contributed by atoms with Gasteiger partial charge in [0.25, 0.3) is 0 Å². The van der Waals surface area contributed by atoms with Crippen molar-refractivity contribution in [2.75, 3.05) is 13.1 Å². The Morgan fingerprint density at radius 2 is 2.00 bits per heavy atom. The van der Waals surface area contributed by atoms with Gasteiger partial charge in [0.15, 0.2) is 0 Å². The fraction of sp³-hybridized carbons (Fsp3) is 0.455. The van der Waals surface area contributed by atoms with Crippen molar-refractivity contribution >= 4 is 0 Å². The van der Waals surface area contributed by atoms with Crippen molar-refractivity contribution in [3.05, 3.63) is 29.8 Å². The average Bonchev–Trinajstić information content (AvgIpc) is 2.06. The third kappa shape index (κ3) is 1.68. The van der Waals surface area contributed by atoms with Crippen LogP contribution in [-0.2, 0) is 0 Å². The Labute approximate surface area is 78.9 Å². The van der Waals surface area contributed by atoms with Crippen LogP contribution in [0.1, 0.15) is 12.5 Å². The molecule has 0 aliphatic carbocycles. The van der Waals surface area contributed by atoms with E-state index in [1.807, 2.05) is 18.2 Å². The quantitative estimate of drug-likeness (QED) is 0.743. The highest BCUT2D eigenvalue weighted by Gasteiger charge is 2.33. The van der Waals surface area contributed by atoms with Crippen molar-refractivity contribution in [3.8, 4) is 5.75 Å². The highest BCUT2D eigenvalue weighted by atomic mass is 16.5. The molecule has 1 N–H and O–H groups in total. The van der Waals surface area contributed by atoms with E-state index in [0.29, 0.717) is 0 Å². The van der Waals surface area contributed by atoms with Crippen molar-refractivity contribution in [2.45, 2.75) is 19.4 Å². The van der Waals surface area contributed by atoms with E-state index in [1.54, 1.807) is 0 Å². The number of nitrogens with one attached hydrogen (secondary N) is 1. The number of aryl methyl sites for hydroxylation is 1. The van der Waals surface area contributed by atoms with Gasteiger partial charge >= 0.3 is 0 Å². The Hall–Kier alpha value is -1.02. The maximum absolute atomic E-state index is 5.91. The summed E-state index contributed by atoms with van der Waals surface area (Å²) in [6, 6.07) is 8.14. The molecule has 0 amide bonds. The number of ether oxygens (including phenoxy) is 1. The smallest absolute Gasteiger partial charge is 0.131 e. The first-order valence-electron chi connectivity index (χ1n) is 4.65. The highest BCUT2D eigenvalue weighted by molar-refractivity contribution is 5.32. The third-order valence-corrected chi connectivity index (χ3v) is 2.45. The lowest BCUT2D eigenvalue weighted by Crippen LogP contribution is -2.61. The molecule has 2 rings (SSSR count). The number of rotatable bonds is 2. The minimum Gasteiger partial charge on any atom is -0.485 e. The lowest BCUT2D eigenvalue weighted by molar-refractivity contribution is 0.0342. The standard InChI is InChI=1S/C11H15NO/c1-9-5-3-4-6-10(9)13-11(2)7-12-8-11/h3-6,12H,7-8H2,1-2H3. The summed E-state index contributed by atoms with van der Waals surface area (Å²) in [5.74, 6) is 1.01. The van der Waals surface area contributed by atoms with Gasteiger partial charge < -0.3 is 10.1 Å². The van der Waals surface area contributed by atoms with Crippen LogP contribution < -0.4 is 10.1 Å². The van der Waals surface area contributed by atoms with Crippen LogP contribution in [0.15, 0.2) is 24.3 Å². The van der Waals surface area contributed by atoms with Gasteiger partial charge in [-0.05, 0) is 25.5 Å². The molecule has 2 heteroatoms. The van der Waals surface area contributed by atoms with Gasteiger partial charge in [-0.25, -0.2) is 0 Å². The second kappa shape index (κ2) is 3.04. The summed E-state index contributed by atoms with van der Waals surface area (Å²) in [6.45, 7) is 6.10. The van der Waals surface area contributed by atoms with Gasteiger partial charge in [0.05, 0.1) is 0 Å². The molecular weight excluding hydrogens is 162 g/mol. The van der Waals surface area contributed by atoms with E-state index in [9.17, 15) is 0 Å². The van der Waals surface area contributed by atoms with Crippen LogP contribution in [0.4, 0.5) is 0 Å². The molecular formula is C11H15NO. The number of para-hydroxylation sites is 1. The van der Waals surface area contributed by atoms with Gasteiger partial charge in [0, 0.05) is 13.1 Å². The first-order chi connectivity index (χ1) is 6.20. The SMILES string of the molecule is Cc1ccccc1OC1(C)CNC1. The fourth-order valence-corrected chi connectivity index (χ4v) is 1.49. The highest BCUT2D eigenvalue weighted by Crippen LogP contribution is 2.24. The Kier molecular flexibility index (Phi) is 2.00. The van der Waals surface area contributed by atoms with Crippen molar-refractivity contribution < 1.29 is 4.74 Å². The molecule has 1 aliphatic rings. The molecule has 1 aliphatic heterocycles. The lowest BCUT2D eigenvalue weighted by Gasteiger charge is -2.39. The average molecular weight is 177 g/mol. The van der Waals surface area contributed by atoms with Gasteiger partial charge in [0.2, 0.25) is 0 Å². The molecule has 1 aromatic rings. The first-order valence-corrected chi connectivity index (χ1v) is 4.65. The van der Waals surface area contributed by atoms with E-state index in [1.165, 1.54) is 5.56 Å². The van der Waals surface area contributed by atoms with E-state index in [4.69, 9.17) is 4.74 Å². The summed E-state index contributed by atoms with van der Waals surface area (Å²) in [5.41, 5.74) is 1.21. The summed E-state index contributed by atoms with van der Waals surface area (Å²) in [6.07, 6.45) is 0. The summed E-state index contributed by atoms with van der Waals surface area (Å²) >= 11 is 0. The van der Waals surface area contributed by atoms with Crippen molar-refractivity contribution in [3.63, 3.8) is 0 Å². The van der Waals surface area contributed by atoms with E-state index in [0.717, 1.165) is 18.8 Å². The second-order valence-corrected chi connectivity index (χ2v) is 3.92. The Bertz CT molecular complexity index is 305.